The van der Waals surface area contributed by atoms with Crippen LogP contribution in [0.2, 0.25) is 0 Å². The molecule has 1 saturated carbocycles. The van der Waals surface area contributed by atoms with Crippen LogP contribution in [-0.2, 0) is 9.63 Å². The Balaban J connectivity index is 1.92. The van der Waals surface area contributed by atoms with E-state index in [1.54, 1.807) is 23.1 Å². The predicted octanol–water partition coefficient (Wildman–Crippen LogP) is 2.44. The highest BCUT2D eigenvalue weighted by molar-refractivity contribution is 5.73. The van der Waals surface area contributed by atoms with Gasteiger partial charge in [0.05, 0.1) is 33.2 Å². The highest BCUT2D eigenvalue weighted by atomic mass is 17.0. The molecule has 3 unspecified atom stereocenters. The van der Waals surface area contributed by atoms with Crippen molar-refractivity contribution in [2.75, 3.05) is 46.9 Å². The van der Waals surface area contributed by atoms with E-state index in [4.69, 9.17) is 14.3 Å². The summed E-state index contributed by atoms with van der Waals surface area (Å²) in [5.74, 6) is 0.994. The van der Waals surface area contributed by atoms with Crippen molar-refractivity contribution >= 4 is 5.91 Å². The fourth-order valence-corrected chi connectivity index (χ4v) is 4.34. The van der Waals surface area contributed by atoms with Gasteiger partial charge in [0.25, 0.3) is 5.09 Å². The minimum Gasteiger partial charge on any atom is -0.487 e. The second-order valence-electron chi connectivity index (χ2n) is 9.28. The first kappa shape index (κ1) is 27.4. The Morgan fingerprint density at radius 2 is 1.94 bits per heavy atom. The average Bonchev–Trinajstić information content (AvgIpc) is 2.77. The predicted molar refractivity (Wildman–Crippen MR) is 127 cm³/mol. The molecule has 34 heavy (non-hydrogen) atoms. The zero-order valence-corrected chi connectivity index (χ0v) is 20.4. The van der Waals surface area contributed by atoms with Crippen LogP contribution in [-0.4, -0.2) is 90.7 Å². The summed E-state index contributed by atoms with van der Waals surface area (Å²) >= 11 is 0. The lowest BCUT2D eigenvalue weighted by atomic mass is 9.91. The molecule has 0 heterocycles. The van der Waals surface area contributed by atoms with Crippen LogP contribution in [0, 0.1) is 10.1 Å². The van der Waals surface area contributed by atoms with Crippen LogP contribution in [0.15, 0.2) is 36.9 Å². The number of likely N-dealkylation sites (N-methyl/N-ethyl adjacent to an activating group) is 1. The van der Waals surface area contributed by atoms with Crippen LogP contribution in [0.1, 0.15) is 32.6 Å². The third kappa shape index (κ3) is 8.83. The summed E-state index contributed by atoms with van der Waals surface area (Å²) in [5.41, 5.74) is 0. The summed E-state index contributed by atoms with van der Waals surface area (Å²) < 4.78 is 11.8. The normalized spacial score (nSPS) is 19.1. The first-order valence-corrected chi connectivity index (χ1v) is 11.7. The Labute approximate surface area is 201 Å². The number of ether oxygens (including phenoxy) is 2. The van der Waals surface area contributed by atoms with E-state index in [0.717, 1.165) is 12.8 Å². The summed E-state index contributed by atoms with van der Waals surface area (Å²) in [7, 11) is 3.93. The molecule has 2 rings (SSSR count). The summed E-state index contributed by atoms with van der Waals surface area (Å²) in [5, 5.41) is 20.7. The van der Waals surface area contributed by atoms with Crippen molar-refractivity contribution in [1.29, 1.82) is 0 Å². The van der Waals surface area contributed by atoms with E-state index in [9.17, 15) is 20.0 Å². The number of hydrogen-bond acceptors (Lipinski definition) is 7. The van der Waals surface area contributed by atoms with Crippen LogP contribution < -0.4 is 9.47 Å². The number of rotatable bonds is 14. The summed E-state index contributed by atoms with van der Waals surface area (Å²) in [6.07, 6.45) is 3.28. The van der Waals surface area contributed by atoms with Gasteiger partial charge in [-0.05, 0) is 25.0 Å². The first-order valence-electron chi connectivity index (χ1n) is 11.7. The number of carbonyl (C=O) groups is 1. The third-order valence-electron chi connectivity index (χ3n) is 5.98. The molecule has 3 atom stereocenters. The SMILES string of the molecule is C=CCOc1ccccc1OCC(O)C[N+](C)(C)CCN(C(C)=O)C1CCCCC1O[N+](=O)[O-]. The first-order chi connectivity index (χ1) is 16.1. The van der Waals surface area contributed by atoms with Crippen LogP contribution >= 0.6 is 0 Å². The van der Waals surface area contributed by atoms with Gasteiger partial charge in [-0.3, -0.25) is 4.79 Å². The van der Waals surface area contributed by atoms with Gasteiger partial charge in [-0.15, -0.1) is 10.1 Å². The molecule has 0 spiro atoms. The molecule has 1 aliphatic carbocycles. The van der Waals surface area contributed by atoms with Crippen LogP contribution in [0.5, 0.6) is 11.5 Å². The second-order valence-corrected chi connectivity index (χ2v) is 9.28. The molecule has 0 aromatic heterocycles. The highest BCUT2D eigenvalue weighted by Crippen LogP contribution is 2.27. The molecule has 1 N–H and O–H groups in total. The Kier molecular flexibility index (Phi) is 10.6. The quantitative estimate of drug-likeness (QED) is 0.188. The maximum Gasteiger partial charge on any atom is 0.294 e. The third-order valence-corrected chi connectivity index (χ3v) is 5.98. The molecule has 0 radical (unpaired) electrons. The number of amides is 1. The molecule has 0 aliphatic heterocycles. The fourth-order valence-electron chi connectivity index (χ4n) is 4.34. The highest BCUT2D eigenvalue weighted by Gasteiger charge is 2.35. The monoisotopic (exact) mass is 480 g/mol. The maximum absolute atomic E-state index is 12.4. The van der Waals surface area contributed by atoms with Gasteiger partial charge in [-0.25, -0.2) is 0 Å². The molecule has 1 aromatic rings. The van der Waals surface area contributed by atoms with Gasteiger partial charge in [0.1, 0.15) is 32.0 Å². The Morgan fingerprint density at radius 3 is 2.56 bits per heavy atom. The van der Waals surface area contributed by atoms with E-state index in [-0.39, 0.29) is 18.6 Å². The van der Waals surface area contributed by atoms with Gasteiger partial charge in [0.15, 0.2) is 11.5 Å². The number of aliphatic hydroxyl groups excluding tert-OH is 1. The standard InChI is InChI=1S/C24H38N3O7/c1-5-16-32-23-12-8-9-13-24(23)33-18-20(29)17-27(3,4)15-14-25(19(2)28)21-10-6-7-11-22(21)34-26(30)31/h5,8-9,12-13,20-22,29H,1,6-7,10-11,14-18H2,2-4H3/q+1. The van der Waals surface area contributed by atoms with Crippen molar-refractivity contribution in [3.8, 4) is 11.5 Å². The molecular formula is C24H38N3O7+. The summed E-state index contributed by atoms with van der Waals surface area (Å²) in [6, 6.07) is 6.93. The van der Waals surface area contributed by atoms with E-state index >= 15 is 0 Å². The van der Waals surface area contributed by atoms with Crippen molar-refractivity contribution in [1.82, 2.24) is 4.90 Å². The molecular weight excluding hydrogens is 442 g/mol. The van der Waals surface area contributed by atoms with Gasteiger partial charge >= 0.3 is 0 Å². The van der Waals surface area contributed by atoms with Gasteiger partial charge in [0.2, 0.25) is 5.91 Å². The number of carbonyl (C=O) groups excluding carboxylic acids is 1. The van der Waals surface area contributed by atoms with Crippen LogP contribution in [0.3, 0.4) is 0 Å². The Hall–Kier alpha value is -2.85. The van der Waals surface area contributed by atoms with E-state index in [2.05, 4.69) is 6.58 Å². The van der Waals surface area contributed by atoms with Crippen LogP contribution in [0.4, 0.5) is 0 Å². The van der Waals surface area contributed by atoms with Gasteiger partial charge in [-0.2, -0.15) is 0 Å². The zero-order chi connectivity index (χ0) is 25.1. The minimum atomic E-state index is -0.766. The second kappa shape index (κ2) is 13.1. The van der Waals surface area contributed by atoms with Gasteiger partial charge in [0, 0.05) is 6.92 Å². The Morgan fingerprint density at radius 1 is 1.29 bits per heavy atom. The van der Waals surface area contributed by atoms with Gasteiger partial charge in [-0.1, -0.05) is 37.6 Å². The molecule has 0 saturated heterocycles. The molecule has 0 bridgehead atoms. The topological polar surface area (TPSA) is 111 Å². The summed E-state index contributed by atoms with van der Waals surface area (Å²) in [4.78, 5) is 29.9. The minimum absolute atomic E-state index is 0.0912. The lowest BCUT2D eigenvalue weighted by Gasteiger charge is -2.40. The maximum atomic E-state index is 12.4. The van der Waals surface area contributed by atoms with Crippen molar-refractivity contribution in [3.05, 3.63) is 47.0 Å². The molecule has 1 aliphatic rings. The fraction of sp³-hybridized carbons (Fsp3) is 0.625. The molecule has 190 valence electrons. The zero-order valence-electron chi connectivity index (χ0n) is 20.4. The number of para-hydroxylation sites is 2. The lowest BCUT2D eigenvalue weighted by Crippen LogP contribution is -2.55. The molecule has 1 fully saturated rings. The van der Waals surface area contributed by atoms with E-state index in [1.165, 1.54) is 6.92 Å². The van der Waals surface area contributed by atoms with Gasteiger partial charge < -0.3 is 28.8 Å². The smallest absolute Gasteiger partial charge is 0.294 e. The molecule has 1 amide bonds. The van der Waals surface area contributed by atoms with Crippen molar-refractivity contribution in [2.24, 2.45) is 0 Å². The van der Waals surface area contributed by atoms with Crippen molar-refractivity contribution in [2.45, 2.75) is 50.9 Å². The number of benzene rings is 1. The summed E-state index contributed by atoms with van der Waals surface area (Å²) in [6.45, 7) is 6.95. The average molecular weight is 481 g/mol. The number of hydrogen-bond donors (Lipinski definition) is 1. The molecule has 1 aromatic carbocycles. The molecule has 10 nitrogen and oxygen atoms in total. The number of quaternary nitrogens is 1. The Bertz CT molecular complexity index is 818. The largest absolute Gasteiger partial charge is 0.487 e. The van der Waals surface area contributed by atoms with Crippen LogP contribution in [0.25, 0.3) is 0 Å². The van der Waals surface area contributed by atoms with Crippen molar-refractivity contribution < 1.29 is 33.8 Å². The van der Waals surface area contributed by atoms with Crippen molar-refractivity contribution in [3.63, 3.8) is 0 Å². The van der Waals surface area contributed by atoms with E-state index in [1.807, 2.05) is 26.2 Å². The number of nitrogens with zero attached hydrogens (tertiary/aromatic N) is 3. The molecule has 10 heteroatoms. The number of aliphatic hydroxyl groups is 1. The van der Waals surface area contributed by atoms with E-state index in [0.29, 0.717) is 55.1 Å². The lowest BCUT2D eigenvalue weighted by molar-refractivity contribution is -0.892. The van der Waals surface area contributed by atoms with E-state index < -0.39 is 17.3 Å².